The molecule has 1 aliphatic carbocycles. The Morgan fingerprint density at radius 2 is 2.21 bits per heavy atom. The van der Waals surface area contributed by atoms with Gasteiger partial charge in [-0.05, 0) is 38.6 Å². The van der Waals surface area contributed by atoms with Gasteiger partial charge >= 0.3 is 0 Å². The monoisotopic (exact) mass is 196 g/mol. The second-order valence-electron chi connectivity index (χ2n) is 4.68. The number of nitrogens with one attached hydrogen (secondary N) is 2. The topological polar surface area (TPSA) is 41.1 Å². The fraction of sp³-hybridized carbons (Fsp3) is 0.909. The summed E-state index contributed by atoms with van der Waals surface area (Å²) in [5.41, 5.74) is 0. The number of carbonyl (C=O) groups is 1. The van der Waals surface area contributed by atoms with Gasteiger partial charge in [-0.15, -0.1) is 0 Å². The van der Waals surface area contributed by atoms with Crippen molar-refractivity contribution in [2.24, 2.45) is 11.8 Å². The van der Waals surface area contributed by atoms with E-state index in [1.165, 1.54) is 19.3 Å². The van der Waals surface area contributed by atoms with E-state index in [1.807, 2.05) is 0 Å². The van der Waals surface area contributed by atoms with Crippen LogP contribution < -0.4 is 10.6 Å². The minimum atomic E-state index is 0.220. The number of rotatable bonds is 3. The molecule has 14 heavy (non-hydrogen) atoms. The van der Waals surface area contributed by atoms with Crippen LogP contribution in [-0.2, 0) is 4.79 Å². The van der Waals surface area contributed by atoms with Crippen LogP contribution in [0.1, 0.15) is 32.6 Å². The van der Waals surface area contributed by atoms with Crippen LogP contribution in [0, 0.1) is 11.8 Å². The molecule has 0 aromatic carbocycles. The molecule has 2 unspecified atom stereocenters. The normalized spacial score (nSPS) is 29.6. The van der Waals surface area contributed by atoms with E-state index in [9.17, 15) is 4.79 Å². The molecule has 1 saturated carbocycles. The van der Waals surface area contributed by atoms with E-state index in [0.29, 0.717) is 6.04 Å². The van der Waals surface area contributed by atoms with Crippen molar-refractivity contribution in [1.82, 2.24) is 10.6 Å². The molecule has 0 bridgehead atoms. The van der Waals surface area contributed by atoms with Gasteiger partial charge < -0.3 is 10.6 Å². The molecule has 1 aliphatic heterocycles. The maximum Gasteiger partial charge on any atom is 0.224 e. The second kappa shape index (κ2) is 4.30. The molecule has 0 radical (unpaired) electrons. The molecule has 1 saturated heterocycles. The average molecular weight is 196 g/mol. The molecule has 2 N–H and O–H groups in total. The third-order valence-corrected chi connectivity index (χ3v) is 3.66. The van der Waals surface area contributed by atoms with Crippen LogP contribution in [0.3, 0.4) is 0 Å². The van der Waals surface area contributed by atoms with Crippen LogP contribution in [0.5, 0.6) is 0 Å². The van der Waals surface area contributed by atoms with Crippen molar-refractivity contribution >= 4 is 5.91 Å². The highest BCUT2D eigenvalue weighted by Gasteiger charge is 2.28. The van der Waals surface area contributed by atoms with Crippen molar-refractivity contribution in [3.8, 4) is 0 Å². The SMILES string of the molecule is CC(NC(=O)C1CCNC1)C1CCC1. The van der Waals surface area contributed by atoms with Gasteiger partial charge in [0.1, 0.15) is 0 Å². The van der Waals surface area contributed by atoms with Crippen LogP contribution in [0.15, 0.2) is 0 Å². The van der Waals surface area contributed by atoms with Crippen molar-refractivity contribution in [3.05, 3.63) is 0 Å². The predicted molar refractivity (Wildman–Crippen MR) is 55.9 cm³/mol. The average Bonchev–Trinajstić information content (AvgIpc) is 2.51. The zero-order valence-electron chi connectivity index (χ0n) is 8.88. The lowest BCUT2D eigenvalue weighted by Gasteiger charge is -2.32. The Bertz CT molecular complexity index is 207. The molecule has 3 nitrogen and oxygen atoms in total. The molecule has 0 aromatic heterocycles. The van der Waals surface area contributed by atoms with Crippen LogP contribution in [0.4, 0.5) is 0 Å². The van der Waals surface area contributed by atoms with Gasteiger partial charge in [0.15, 0.2) is 0 Å². The Labute approximate surface area is 85.6 Å². The minimum absolute atomic E-state index is 0.220. The number of hydrogen-bond acceptors (Lipinski definition) is 2. The van der Waals surface area contributed by atoms with Gasteiger partial charge in [-0.3, -0.25) is 4.79 Å². The lowest BCUT2D eigenvalue weighted by molar-refractivity contribution is -0.125. The minimum Gasteiger partial charge on any atom is -0.353 e. The molecular weight excluding hydrogens is 176 g/mol. The van der Waals surface area contributed by atoms with Crippen LogP contribution in [-0.4, -0.2) is 25.0 Å². The van der Waals surface area contributed by atoms with E-state index in [2.05, 4.69) is 17.6 Å². The van der Waals surface area contributed by atoms with Crippen molar-refractivity contribution in [3.63, 3.8) is 0 Å². The number of hydrogen-bond donors (Lipinski definition) is 2. The van der Waals surface area contributed by atoms with E-state index in [0.717, 1.165) is 25.4 Å². The first kappa shape index (κ1) is 9.97. The second-order valence-corrected chi connectivity index (χ2v) is 4.68. The molecule has 2 rings (SSSR count). The summed E-state index contributed by atoms with van der Waals surface area (Å²) in [5.74, 6) is 1.22. The van der Waals surface area contributed by atoms with Gasteiger partial charge in [0.2, 0.25) is 5.91 Å². The zero-order chi connectivity index (χ0) is 9.97. The van der Waals surface area contributed by atoms with Gasteiger partial charge in [-0.25, -0.2) is 0 Å². The lowest BCUT2D eigenvalue weighted by atomic mass is 9.80. The molecule has 0 spiro atoms. The Morgan fingerprint density at radius 3 is 2.71 bits per heavy atom. The maximum atomic E-state index is 11.7. The van der Waals surface area contributed by atoms with Gasteiger partial charge in [0.25, 0.3) is 0 Å². The van der Waals surface area contributed by atoms with Crippen LogP contribution in [0.2, 0.25) is 0 Å². The van der Waals surface area contributed by atoms with Gasteiger partial charge in [0, 0.05) is 12.6 Å². The highest BCUT2D eigenvalue weighted by Crippen LogP contribution is 2.29. The quantitative estimate of drug-likeness (QED) is 0.704. The highest BCUT2D eigenvalue weighted by atomic mass is 16.2. The van der Waals surface area contributed by atoms with Gasteiger partial charge in [-0.2, -0.15) is 0 Å². The molecule has 80 valence electrons. The largest absolute Gasteiger partial charge is 0.353 e. The van der Waals surface area contributed by atoms with Crippen LogP contribution >= 0.6 is 0 Å². The third kappa shape index (κ3) is 2.08. The van der Waals surface area contributed by atoms with Crippen molar-refractivity contribution < 1.29 is 4.79 Å². The summed E-state index contributed by atoms with van der Waals surface area (Å²) in [6, 6.07) is 0.386. The van der Waals surface area contributed by atoms with E-state index in [-0.39, 0.29) is 11.8 Å². The maximum absolute atomic E-state index is 11.7. The summed E-state index contributed by atoms with van der Waals surface area (Å²) in [5, 5.41) is 6.37. The zero-order valence-corrected chi connectivity index (χ0v) is 8.88. The van der Waals surface area contributed by atoms with Crippen molar-refractivity contribution in [2.75, 3.05) is 13.1 Å². The highest BCUT2D eigenvalue weighted by molar-refractivity contribution is 5.79. The summed E-state index contributed by atoms with van der Waals surface area (Å²) >= 11 is 0. The molecule has 1 amide bonds. The summed E-state index contributed by atoms with van der Waals surface area (Å²) in [7, 11) is 0. The predicted octanol–water partition coefficient (Wildman–Crippen LogP) is 0.901. The first-order valence-corrected chi connectivity index (χ1v) is 5.78. The fourth-order valence-electron chi connectivity index (χ4n) is 2.28. The fourth-order valence-corrected chi connectivity index (χ4v) is 2.28. The molecule has 0 aromatic rings. The third-order valence-electron chi connectivity index (χ3n) is 3.66. The Balaban J connectivity index is 1.75. The number of carbonyl (C=O) groups excluding carboxylic acids is 1. The van der Waals surface area contributed by atoms with Gasteiger partial charge in [-0.1, -0.05) is 6.42 Å². The van der Waals surface area contributed by atoms with Gasteiger partial charge in [0.05, 0.1) is 5.92 Å². The Hall–Kier alpha value is -0.570. The van der Waals surface area contributed by atoms with E-state index < -0.39 is 0 Å². The molecule has 1 heterocycles. The molecule has 2 aliphatic rings. The van der Waals surface area contributed by atoms with E-state index >= 15 is 0 Å². The number of amides is 1. The lowest BCUT2D eigenvalue weighted by Crippen LogP contribution is -2.43. The molecular formula is C11H20N2O. The Morgan fingerprint density at radius 1 is 1.43 bits per heavy atom. The first-order valence-electron chi connectivity index (χ1n) is 5.78. The molecule has 2 fully saturated rings. The summed E-state index contributed by atoms with van der Waals surface area (Å²) in [6.07, 6.45) is 4.94. The summed E-state index contributed by atoms with van der Waals surface area (Å²) in [4.78, 5) is 11.7. The Kier molecular flexibility index (Phi) is 3.06. The molecule has 2 atom stereocenters. The standard InChI is InChI=1S/C11H20N2O/c1-8(9-3-2-4-9)13-11(14)10-5-6-12-7-10/h8-10,12H,2-7H2,1H3,(H,13,14). The first-order chi connectivity index (χ1) is 6.77. The van der Waals surface area contributed by atoms with E-state index in [1.54, 1.807) is 0 Å². The van der Waals surface area contributed by atoms with Crippen molar-refractivity contribution in [2.45, 2.75) is 38.6 Å². The molecule has 3 heteroatoms. The summed E-state index contributed by atoms with van der Waals surface area (Å²) in [6.45, 7) is 4.00. The van der Waals surface area contributed by atoms with Crippen molar-refractivity contribution in [1.29, 1.82) is 0 Å². The summed E-state index contributed by atoms with van der Waals surface area (Å²) < 4.78 is 0. The van der Waals surface area contributed by atoms with E-state index in [4.69, 9.17) is 0 Å². The van der Waals surface area contributed by atoms with Crippen LogP contribution in [0.25, 0.3) is 0 Å². The smallest absolute Gasteiger partial charge is 0.224 e.